The average Bonchev–Trinajstić information content (AvgIpc) is 2.73. The molecule has 4 N–H and O–H groups in total. The third-order valence-electron chi connectivity index (χ3n) is 5.71. The lowest BCUT2D eigenvalue weighted by Crippen LogP contribution is -2.52. The minimum absolute atomic E-state index is 0.0357. The molecule has 1 fully saturated rings. The Morgan fingerprint density at radius 2 is 1.78 bits per heavy atom. The van der Waals surface area contributed by atoms with E-state index < -0.39 is 12.1 Å². The minimum Gasteiger partial charge on any atom is -0.465 e. The molecule has 10 heteroatoms. The molecule has 3 rings (SSSR count). The number of rotatable bonds is 7. The van der Waals surface area contributed by atoms with Gasteiger partial charge in [-0.2, -0.15) is 0 Å². The van der Waals surface area contributed by atoms with E-state index in [2.05, 4.69) is 25.9 Å². The molecular weight excluding hydrogens is 434 g/mol. The van der Waals surface area contributed by atoms with Crippen LogP contribution in [0.5, 0.6) is 0 Å². The topological polar surface area (TPSA) is 133 Å². The van der Waals surface area contributed by atoms with Crippen molar-refractivity contribution in [3.8, 4) is 0 Å². The van der Waals surface area contributed by atoms with Gasteiger partial charge < -0.3 is 21.1 Å². The van der Waals surface area contributed by atoms with Gasteiger partial charge in [-0.3, -0.25) is 14.6 Å². The second-order valence-corrected chi connectivity index (χ2v) is 8.86. The number of hydrogen-bond donors (Lipinski definition) is 4. The highest BCUT2D eigenvalue weighted by atomic mass is 35.5. The van der Waals surface area contributed by atoms with Crippen LogP contribution in [0.2, 0.25) is 5.15 Å². The Morgan fingerprint density at radius 3 is 2.38 bits per heavy atom. The molecule has 0 saturated heterocycles. The molecule has 0 aliphatic heterocycles. The number of carbonyl (C=O) groups excluding carboxylic acids is 2. The van der Waals surface area contributed by atoms with Crippen LogP contribution in [0.1, 0.15) is 56.8 Å². The van der Waals surface area contributed by atoms with E-state index in [1.165, 1.54) is 6.92 Å². The van der Waals surface area contributed by atoms with E-state index in [1.807, 2.05) is 0 Å². The normalized spacial score (nSPS) is 19.4. The lowest BCUT2D eigenvalue weighted by molar-refractivity contribution is -0.125. The number of anilines is 1. The third-order valence-corrected chi connectivity index (χ3v) is 5.92. The maximum absolute atomic E-state index is 12.5. The Morgan fingerprint density at radius 1 is 1.12 bits per heavy atom. The van der Waals surface area contributed by atoms with Crippen LogP contribution >= 0.6 is 11.6 Å². The third kappa shape index (κ3) is 5.64. The fourth-order valence-electron chi connectivity index (χ4n) is 4.00. The molecule has 2 aromatic heterocycles. The predicted molar refractivity (Wildman–Crippen MR) is 122 cm³/mol. The summed E-state index contributed by atoms with van der Waals surface area (Å²) >= 11 is 6.08. The Balaban J connectivity index is 1.68. The number of hydrogen-bond acceptors (Lipinski definition) is 6. The molecule has 2 heterocycles. The first-order valence-electron chi connectivity index (χ1n) is 10.7. The smallest absolute Gasteiger partial charge is 0.405 e. The van der Waals surface area contributed by atoms with Crippen LogP contribution in [0, 0.1) is 5.92 Å². The maximum Gasteiger partial charge on any atom is 0.405 e. The fourth-order valence-corrected chi connectivity index (χ4v) is 4.15. The molecule has 32 heavy (non-hydrogen) atoms. The van der Waals surface area contributed by atoms with Crippen LogP contribution < -0.4 is 16.0 Å². The van der Waals surface area contributed by atoms with Crippen molar-refractivity contribution in [2.75, 3.05) is 5.32 Å². The summed E-state index contributed by atoms with van der Waals surface area (Å²) in [4.78, 5) is 44.4. The average molecular weight is 462 g/mol. The molecule has 2 aromatic rings. The molecule has 0 bridgehead atoms. The first-order valence-corrected chi connectivity index (χ1v) is 11.1. The van der Waals surface area contributed by atoms with Crippen LogP contribution in [-0.4, -0.2) is 51.0 Å². The van der Waals surface area contributed by atoms with E-state index in [-0.39, 0.29) is 29.7 Å². The Bertz CT molecular complexity index is 1020. The van der Waals surface area contributed by atoms with Crippen molar-refractivity contribution in [2.45, 2.75) is 64.6 Å². The summed E-state index contributed by atoms with van der Waals surface area (Å²) in [6.45, 7) is 5.08. The van der Waals surface area contributed by atoms with Crippen LogP contribution in [0.4, 0.5) is 10.5 Å². The van der Waals surface area contributed by atoms with E-state index in [1.54, 1.807) is 32.2 Å². The van der Waals surface area contributed by atoms with E-state index in [0.717, 1.165) is 25.7 Å². The highest BCUT2D eigenvalue weighted by Gasteiger charge is 2.29. The van der Waals surface area contributed by atoms with Gasteiger partial charge >= 0.3 is 6.09 Å². The molecule has 2 amide bonds. The number of aromatic nitrogens is 2. The van der Waals surface area contributed by atoms with Gasteiger partial charge in [0.05, 0.1) is 16.8 Å². The Kier molecular flexibility index (Phi) is 7.50. The number of ketones is 1. The number of halogens is 1. The Labute approximate surface area is 191 Å². The molecule has 172 valence electrons. The predicted octanol–water partition coefficient (Wildman–Crippen LogP) is 3.62. The largest absolute Gasteiger partial charge is 0.465 e. The maximum atomic E-state index is 12.5. The van der Waals surface area contributed by atoms with Gasteiger partial charge in [0.1, 0.15) is 16.7 Å². The summed E-state index contributed by atoms with van der Waals surface area (Å²) < 4.78 is 0. The quantitative estimate of drug-likeness (QED) is 0.365. The van der Waals surface area contributed by atoms with Crippen molar-refractivity contribution in [1.82, 2.24) is 20.6 Å². The molecule has 1 saturated carbocycles. The van der Waals surface area contributed by atoms with E-state index in [0.29, 0.717) is 27.4 Å². The number of Topliss-reactive ketones (excluding diaryl/α,β-unsaturated/α-hetero) is 1. The van der Waals surface area contributed by atoms with Gasteiger partial charge in [-0.05, 0) is 50.7 Å². The SMILES string of the molecule is CC(=O)c1cnc2ccc(Cl)nc2c1N[C@H]1CC[C@H](NC(=O)C(NC(=O)O)C(C)C)CC1. The number of carbonyl (C=O) groups is 3. The van der Waals surface area contributed by atoms with Gasteiger partial charge in [-0.15, -0.1) is 0 Å². The summed E-state index contributed by atoms with van der Waals surface area (Å²) in [5.41, 5.74) is 2.29. The number of nitrogens with one attached hydrogen (secondary N) is 3. The van der Waals surface area contributed by atoms with Gasteiger partial charge in [-0.1, -0.05) is 25.4 Å². The summed E-state index contributed by atoms with van der Waals surface area (Å²) in [5, 5.41) is 18.0. The molecule has 1 atom stereocenters. The Hall–Kier alpha value is -2.94. The van der Waals surface area contributed by atoms with Crippen molar-refractivity contribution < 1.29 is 19.5 Å². The summed E-state index contributed by atoms with van der Waals surface area (Å²) in [7, 11) is 0. The van der Waals surface area contributed by atoms with Gasteiger partial charge in [0.25, 0.3) is 0 Å². The zero-order chi connectivity index (χ0) is 23.4. The van der Waals surface area contributed by atoms with Crippen LogP contribution in [0.25, 0.3) is 11.0 Å². The second kappa shape index (κ2) is 10.1. The summed E-state index contributed by atoms with van der Waals surface area (Å²) in [6.07, 6.45) is 3.33. The zero-order valence-electron chi connectivity index (χ0n) is 18.3. The highest BCUT2D eigenvalue weighted by Crippen LogP contribution is 2.30. The highest BCUT2D eigenvalue weighted by molar-refractivity contribution is 6.30. The lowest BCUT2D eigenvalue weighted by Gasteiger charge is -2.32. The van der Waals surface area contributed by atoms with Crippen LogP contribution in [-0.2, 0) is 4.79 Å². The number of fused-ring (bicyclic) bond motifs is 1. The first kappa shape index (κ1) is 23.7. The zero-order valence-corrected chi connectivity index (χ0v) is 19.1. The van der Waals surface area contributed by atoms with Gasteiger partial charge in [-0.25, -0.2) is 9.78 Å². The number of nitrogens with zero attached hydrogens (tertiary/aromatic N) is 2. The molecule has 0 radical (unpaired) electrons. The summed E-state index contributed by atoms with van der Waals surface area (Å²) in [5.74, 6) is -0.583. The fraction of sp³-hybridized carbons (Fsp3) is 0.500. The molecule has 1 unspecified atom stereocenters. The minimum atomic E-state index is -1.22. The molecular formula is C22H28ClN5O4. The van der Waals surface area contributed by atoms with E-state index >= 15 is 0 Å². The first-order chi connectivity index (χ1) is 15.2. The van der Waals surface area contributed by atoms with Crippen LogP contribution in [0.3, 0.4) is 0 Å². The molecule has 9 nitrogen and oxygen atoms in total. The number of amides is 2. The van der Waals surface area contributed by atoms with Crippen molar-refractivity contribution in [2.24, 2.45) is 5.92 Å². The van der Waals surface area contributed by atoms with Crippen molar-refractivity contribution in [3.63, 3.8) is 0 Å². The number of pyridine rings is 2. The molecule has 1 aliphatic rings. The van der Waals surface area contributed by atoms with Gasteiger partial charge in [0.15, 0.2) is 5.78 Å². The molecule has 0 spiro atoms. The second-order valence-electron chi connectivity index (χ2n) is 8.48. The standard InChI is InChI=1S/C22H28ClN5O4/c1-11(2)18(28-22(31)32)21(30)26-14-6-4-13(5-7-14)25-19-15(12(3)29)10-24-16-8-9-17(23)27-20(16)19/h8-11,13-14,18,28H,4-7H2,1-3H3,(H,24,25)(H,26,30)(H,31,32)/t13-,14-,18?. The van der Waals surface area contributed by atoms with E-state index in [4.69, 9.17) is 16.7 Å². The van der Waals surface area contributed by atoms with E-state index in [9.17, 15) is 14.4 Å². The van der Waals surface area contributed by atoms with Crippen LogP contribution in [0.15, 0.2) is 18.3 Å². The summed E-state index contributed by atoms with van der Waals surface area (Å²) in [6, 6.07) is 2.69. The van der Waals surface area contributed by atoms with Crippen molar-refractivity contribution >= 4 is 46.1 Å². The van der Waals surface area contributed by atoms with Gasteiger partial charge in [0.2, 0.25) is 5.91 Å². The number of carboxylic acid groups (broad SMARTS) is 1. The van der Waals surface area contributed by atoms with Gasteiger partial charge in [0, 0.05) is 18.3 Å². The molecule has 0 aromatic carbocycles. The van der Waals surface area contributed by atoms with Crippen molar-refractivity contribution in [1.29, 1.82) is 0 Å². The lowest BCUT2D eigenvalue weighted by atomic mass is 9.90. The van der Waals surface area contributed by atoms with Crippen molar-refractivity contribution in [3.05, 3.63) is 29.0 Å². The monoisotopic (exact) mass is 461 g/mol. The molecule has 1 aliphatic carbocycles.